The van der Waals surface area contributed by atoms with E-state index in [1.165, 1.54) is 6.07 Å². The van der Waals surface area contributed by atoms with Gasteiger partial charge in [0.05, 0.1) is 17.5 Å². The van der Waals surface area contributed by atoms with Crippen molar-refractivity contribution in [3.8, 4) is 0 Å². The van der Waals surface area contributed by atoms with Gasteiger partial charge in [-0.2, -0.15) is 0 Å². The highest BCUT2D eigenvalue weighted by molar-refractivity contribution is 9.10. The minimum absolute atomic E-state index is 0. The molecule has 0 spiro atoms. The van der Waals surface area contributed by atoms with Crippen molar-refractivity contribution >= 4 is 34.3 Å². The molecular formula is C11H14BrClFNO2. The van der Waals surface area contributed by atoms with Gasteiger partial charge in [0.15, 0.2) is 0 Å². The molecule has 0 saturated heterocycles. The van der Waals surface area contributed by atoms with Crippen LogP contribution in [0.2, 0.25) is 0 Å². The molecule has 1 atom stereocenters. The molecule has 0 fully saturated rings. The SMILES string of the molecule is CCOC(=O)C[C@H](N)c1cccc(F)c1Br.Cl. The summed E-state index contributed by atoms with van der Waals surface area (Å²) < 4.78 is 18.3. The van der Waals surface area contributed by atoms with Gasteiger partial charge >= 0.3 is 5.97 Å². The van der Waals surface area contributed by atoms with Crippen molar-refractivity contribution in [1.29, 1.82) is 0 Å². The van der Waals surface area contributed by atoms with Gasteiger partial charge in [-0.1, -0.05) is 12.1 Å². The van der Waals surface area contributed by atoms with Gasteiger partial charge in [0.1, 0.15) is 5.82 Å². The Bertz CT molecular complexity index is 390. The molecule has 0 heterocycles. The number of hydrogen-bond donors (Lipinski definition) is 1. The van der Waals surface area contributed by atoms with Crippen molar-refractivity contribution in [2.75, 3.05) is 6.61 Å². The minimum atomic E-state index is -0.566. The largest absolute Gasteiger partial charge is 0.466 e. The molecule has 96 valence electrons. The van der Waals surface area contributed by atoms with Crippen LogP contribution in [0.1, 0.15) is 24.9 Å². The predicted octanol–water partition coefficient (Wildman–Crippen LogP) is 2.96. The number of esters is 1. The van der Waals surface area contributed by atoms with Gasteiger partial charge in [-0.3, -0.25) is 4.79 Å². The second-order valence-electron chi connectivity index (χ2n) is 3.26. The molecule has 1 rings (SSSR count). The van der Waals surface area contributed by atoms with Gasteiger partial charge in [-0.25, -0.2) is 4.39 Å². The van der Waals surface area contributed by atoms with Crippen molar-refractivity contribution in [2.24, 2.45) is 5.73 Å². The molecular weight excluding hydrogens is 312 g/mol. The highest BCUT2D eigenvalue weighted by Crippen LogP contribution is 2.26. The summed E-state index contributed by atoms with van der Waals surface area (Å²) in [5, 5.41) is 0. The normalized spacial score (nSPS) is 11.5. The van der Waals surface area contributed by atoms with Gasteiger partial charge in [0.2, 0.25) is 0 Å². The lowest BCUT2D eigenvalue weighted by atomic mass is 10.0. The lowest BCUT2D eigenvalue weighted by Gasteiger charge is -2.13. The van der Waals surface area contributed by atoms with Gasteiger partial charge in [0.25, 0.3) is 0 Å². The van der Waals surface area contributed by atoms with Crippen LogP contribution in [-0.4, -0.2) is 12.6 Å². The monoisotopic (exact) mass is 325 g/mol. The molecule has 2 N–H and O–H groups in total. The Morgan fingerprint density at radius 3 is 2.82 bits per heavy atom. The maximum atomic E-state index is 13.2. The van der Waals surface area contributed by atoms with Crippen molar-refractivity contribution in [1.82, 2.24) is 0 Å². The molecule has 0 saturated carbocycles. The number of ether oxygens (including phenoxy) is 1. The number of hydrogen-bond acceptors (Lipinski definition) is 3. The molecule has 0 radical (unpaired) electrons. The number of benzene rings is 1. The van der Waals surface area contributed by atoms with Crippen LogP contribution in [0, 0.1) is 5.82 Å². The van der Waals surface area contributed by atoms with E-state index in [1.807, 2.05) is 0 Å². The second-order valence-corrected chi connectivity index (χ2v) is 4.05. The summed E-state index contributed by atoms with van der Waals surface area (Å²) in [6, 6.07) is 3.99. The van der Waals surface area contributed by atoms with E-state index in [4.69, 9.17) is 10.5 Å². The molecule has 0 aliphatic rings. The number of carbonyl (C=O) groups excluding carboxylic acids is 1. The van der Waals surface area contributed by atoms with E-state index < -0.39 is 11.9 Å². The van der Waals surface area contributed by atoms with E-state index in [-0.39, 0.29) is 24.8 Å². The van der Waals surface area contributed by atoms with Gasteiger partial charge < -0.3 is 10.5 Å². The fraction of sp³-hybridized carbons (Fsp3) is 0.364. The van der Waals surface area contributed by atoms with Crippen LogP contribution in [0.15, 0.2) is 22.7 Å². The number of rotatable bonds is 4. The Morgan fingerprint density at radius 2 is 2.24 bits per heavy atom. The van der Waals surface area contributed by atoms with E-state index in [9.17, 15) is 9.18 Å². The first-order valence-electron chi connectivity index (χ1n) is 4.91. The summed E-state index contributed by atoms with van der Waals surface area (Å²) >= 11 is 3.10. The highest BCUT2D eigenvalue weighted by atomic mass is 79.9. The predicted molar refractivity (Wildman–Crippen MR) is 69.5 cm³/mol. The molecule has 3 nitrogen and oxygen atoms in total. The summed E-state index contributed by atoms with van der Waals surface area (Å²) in [6.45, 7) is 2.04. The molecule has 1 aromatic carbocycles. The molecule has 0 amide bonds. The average molecular weight is 327 g/mol. The Hall–Kier alpha value is -0.650. The fourth-order valence-corrected chi connectivity index (χ4v) is 1.87. The fourth-order valence-electron chi connectivity index (χ4n) is 1.32. The Balaban J connectivity index is 0.00000256. The van der Waals surface area contributed by atoms with Crippen LogP contribution in [0.3, 0.4) is 0 Å². The summed E-state index contributed by atoms with van der Waals surface area (Å²) in [6.07, 6.45) is 0.0376. The molecule has 0 bridgehead atoms. The molecule has 1 aromatic rings. The van der Waals surface area contributed by atoms with Crippen molar-refractivity contribution in [2.45, 2.75) is 19.4 Å². The van der Waals surface area contributed by atoms with Crippen LogP contribution in [0.5, 0.6) is 0 Å². The van der Waals surface area contributed by atoms with Gasteiger partial charge in [-0.05, 0) is 34.5 Å². The maximum Gasteiger partial charge on any atom is 0.307 e. The van der Waals surface area contributed by atoms with Crippen molar-refractivity contribution in [3.63, 3.8) is 0 Å². The second kappa shape index (κ2) is 7.63. The molecule has 0 unspecified atom stereocenters. The zero-order valence-electron chi connectivity index (χ0n) is 9.28. The van der Waals surface area contributed by atoms with Gasteiger partial charge in [0, 0.05) is 6.04 Å². The summed E-state index contributed by atoms with van der Waals surface area (Å²) in [7, 11) is 0. The highest BCUT2D eigenvalue weighted by Gasteiger charge is 2.16. The first-order valence-corrected chi connectivity index (χ1v) is 5.70. The summed E-state index contributed by atoms with van der Waals surface area (Å²) in [4.78, 5) is 11.2. The molecule has 6 heteroatoms. The molecule has 0 aromatic heterocycles. The third-order valence-electron chi connectivity index (χ3n) is 2.07. The number of nitrogens with two attached hydrogens (primary N) is 1. The quantitative estimate of drug-likeness (QED) is 0.866. The first-order chi connectivity index (χ1) is 7.56. The van der Waals surface area contributed by atoms with Crippen molar-refractivity contribution in [3.05, 3.63) is 34.1 Å². The van der Waals surface area contributed by atoms with E-state index in [0.717, 1.165) is 0 Å². The molecule has 0 aliphatic carbocycles. The van der Waals surface area contributed by atoms with Crippen LogP contribution >= 0.6 is 28.3 Å². The minimum Gasteiger partial charge on any atom is -0.466 e. The summed E-state index contributed by atoms with van der Waals surface area (Å²) in [5.74, 6) is -0.775. The van der Waals surface area contributed by atoms with E-state index in [2.05, 4.69) is 15.9 Å². The average Bonchev–Trinajstić information content (AvgIpc) is 2.22. The zero-order valence-corrected chi connectivity index (χ0v) is 11.7. The Kier molecular flexibility index (Phi) is 7.34. The van der Waals surface area contributed by atoms with E-state index in [1.54, 1.807) is 19.1 Å². The smallest absolute Gasteiger partial charge is 0.307 e. The Labute approximate surface area is 114 Å². The third kappa shape index (κ3) is 4.61. The standard InChI is InChI=1S/C11H13BrFNO2.ClH/c1-2-16-10(15)6-9(14)7-4-3-5-8(13)11(7)12;/h3-5,9H,2,6,14H2,1H3;1H/t9-;/m0./s1. The van der Waals surface area contributed by atoms with Crippen LogP contribution in [-0.2, 0) is 9.53 Å². The van der Waals surface area contributed by atoms with E-state index >= 15 is 0 Å². The lowest BCUT2D eigenvalue weighted by Crippen LogP contribution is -2.17. The number of carbonyl (C=O) groups is 1. The van der Waals surface area contributed by atoms with Crippen LogP contribution in [0.25, 0.3) is 0 Å². The molecule has 0 aliphatic heterocycles. The van der Waals surface area contributed by atoms with Gasteiger partial charge in [-0.15, -0.1) is 12.4 Å². The third-order valence-corrected chi connectivity index (χ3v) is 2.91. The lowest BCUT2D eigenvalue weighted by molar-refractivity contribution is -0.143. The Morgan fingerprint density at radius 1 is 1.59 bits per heavy atom. The topological polar surface area (TPSA) is 52.3 Å². The van der Waals surface area contributed by atoms with E-state index in [0.29, 0.717) is 16.6 Å². The first kappa shape index (κ1) is 16.4. The maximum absolute atomic E-state index is 13.2. The van der Waals surface area contributed by atoms with Crippen LogP contribution in [0.4, 0.5) is 4.39 Å². The van der Waals surface area contributed by atoms with Crippen molar-refractivity contribution < 1.29 is 13.9 Å². The number of halogens is 3. The zero-order chi connectivity index (χ0) is 12.1. The summed E-state index contributed by atoms with van der Waals surface area (Å²) in [5.41, 5.74) is 6.36. The molecule has 17 heavy (non-hydrogen) atoms. The van der Waals surface area contributed by atoms with Crippen LogP contribution < -0.4 is 5.73 Å².